The van der Waals surface area contributed by atoms with Gasteiger partial charge in [0.2, 0.25) is 0 Å². The highest BCUT2D eigenvalue weighted by molar-refractivity contribution is 6.17. The molecule has 3 heteroatoms. The highest BCUT2D eigenvalue weighted by Crippen LogP contribution is 2.28. The Morgan fingerprint density at radius 2 is 2.06 bits per heavy atom. The monoisotopic (exact) mass is 233 g/mol. The van der Waals surface area contributed by atoms with Gasteiger partial charge in [-0.15, -0.1) is 11.6 Å². The molecule has 82 valence electrons. The first-order valence-electron chi connectivity index (χ1n) is 4.99. The van der Waals surface area contributed by atoms with Crippen molar-refractivity contribution in [1.29, 1.82) is 0 Å². The molecule has 0 aliphatic rings. The van der Waals surface area contributed by atoms with E-state index in [-0.39, 0.29) is 0 Å². The van der Waals surface area contributed by atoms with Crippen LogP contribution in [0.15, 0.2) is 42.6 Å². The quantitative estimate of drug-likeness (QED) is 0.757. The number of hydrogen-bond acceptors (Lipinski definition) is 2. The van der Waals surface area contributed by atoms with Crippen LogP contribution in [0.5, 0.6) is 5.75 Å². The van der Waals surface area contributed by atoms with E-state index < -0.39 is 0 Å². The number of ether oxygens (including phenoxy) is 1. The second-order valence-electron chi connectivity index (χ2n) is 3.38. The molecule has 0 unspecified atom stereocenters. The van der Waals surface area contributed by atoms with Crippen LogP contribution in [-0.2, 0) is 5.88 Å². The van der Waals surface area contributed by atoms with Crippen LogP contribution in [0.1, 0.15) is 5.56 Å². The molecule has 0 aliphatic heterocycles. The van der Waals surface area contributed by atoms with E-state index in [4.69, 9.17) is 16.3 Å². The van der Waals surface area contributed by atoms with E-state index >= 15 is 0 Å². The Hall–Kier alpha value is -1.54. The van der Waals surface area contributed by atoms with Crippen LogP contribution < -0.4 is 4.74 Å². The second-order valence-corrected chi connectivity index (χ2v) is 3.65. The van der Waals surface area contributed by atoms with Crippen molar-refractivity contribution in [3.05, 3.63) is 48.2 Å². The number of methoxy groups -OCH3 is 1. The van der Waals surface area contributed by atoms with Gasteiger partial charge in [-0.25, -0.2) is 0 Å². The molecule has 0 N–H and O–H groups in total. The maximum atomic E-state index is 5.80. The minimum Gasteiger partial charge on any atom is -0.496 e. The lowest BCUT2D eigenvalue weighted by atomic mass is 10.1. The molecule has 0 saturated heterocycles. The average molecular weight is 234 g/mol. The molecule has 0 spiro atoms. The van der Waals surface area contributed by atoms with Gasteiger partial charge in [0.1, 0.15) is 5.75 Å². The molecule has 1 aromatic carbocycles. The van der Waals surface area contributed by atoms with Crippen molar-refractivity contribution in [2.45, 2.75) is 5.88 Å². The minimum absolute atomic E-state index is 0.491. The predicted molar refractivity (Wildman–Crippen MR) is 65.8 cm³/mol. The normalized spacial score (nSPS) is 10.1. The molecular weight excluding hydrogens is 222 g/mol. The largest absolute Gasteiger partial charge is 0.496 e. The molecule has 0 saturated carbocycles. The van der Waals surface area contributed by atoms with Crippen LogP contribution in [0, 0.1) is 0 Å². The number of nitrogens with zero attached hydrogens (tertiary/aromatic N) is 1. The van der Waals surface area contributed by atoms with Crippen LogP contribution in [0.3, 0.4) is 0 Å². The molecule has 16 heavy (non-hydrogen) atoms. The maximum absolute atomic E-state index is 5.80. The molecule has 1 aromatic heterocycles. The van der Waals surface area contributed by atoms with E-state index in [0.29, 0.717) is 5.88 Å². The fourth-order valence-corrected chi connectivity index (χ4v) is 1.73. The smallest absolute Gasteiger partial charge is 0.128 e. The van der Waals surface area contributed by atoms with E-state index in [1.807, 2.05) is 36.4 Å². The molecule has 2 rings (SSSR count). The Morgan fingerprint density at radius 1 is 1.25 bits per heavy atom. The maximum Gasteiger partial charge on any atom is 0.128 e. The zero-order valence-corrected chi connectivity index (χ0v) is 9.74. The lowest BCUT2D eigenvalue weighted by molar-refractivity contribution is 0.416. The molecule has 0 fully saturated rings. The molecule has 0 atom stereocenters. The highest BCUT2D eigenvalue weighted by Gasteiger charge is 2.06. The van der Waals surface area contributed by atoms with Crippen molar-refractivity contribution in [3.8, 4) is 17.0 Å². The Balaban J connectivity index is 2.49. The summed E-state index contributed by atoms with van der Waals surface area (Å²) in [5, 5.41) is 0. The second kappa shape index (κ2) is 4.99. The van der Waals surface area contributed by atoms with E-state index in [2.05, 4.69) is 4.98 Å². The number of halogens is 1. The van der Waals surface area contributed by atoms with Crippen LogP contribution in [0.25, 0.3) is 11.3 Å². The van der Waals surface area contributed by atoms with Crippen molar-refractivity contribution in [3.63, 3.8) is 0 Å². The molecule has 2 aromatic rings. The van der Waals surface area contributed by atoms with Crippen LogP contribution >= 0.6 is 11.6 Å². The SMILES string of the molecule is COc1ccccc1-c1cc(CCl)ccn1. The van der Waals surface area contributed by atoms with Gasteiger partial charge in [0.05, 0.1) is 12.8 Å². The topological polar surface area (TPSA) is 22.1 Å². The summed E-state index contributed by atoms with van der Waals surface area (Å²) in [6, 6.07) is 11.7. The van der Waals surface area contributed by atoms with Crippen molar-refractivity contribution < 1.29 is 4.74 Å². The van der Waals surface area contributed by atoms with Gasteiger partial charge in [-0.1, -0.05) is 12.1 Å². The Bertz CT molecular complexity index is 485. The third-order valence-corrected chi connectivity index (χ3v) is 2.67. The number of rotatable bonds is 3. The van der Waals surface area contributed by atoms with Gasteiger partial charge >= 0.3 is 0 Å². The Labute approximate surface area is 99.9 Å². The summed E-state index contributed by atoms with van der Waals surface area (Å²) in [6.07, 6.45) is 1.76. The summed E-state index contributed by atoms with van der Waals surface area (Å²) < 4.78 is 5.30. The summed E-state index contributed by atoms with van der Waals surface area (Å²) in [6.45, 7) is 0. The van der Waals surface area contributed by atoms with E-state index in [0.717, 1.165) is 22.6 Å². The summed E-state index contributed by atoms with van der Waals surface area (Å²) in [5.74, 6) is 1.31. The lowest BCUT2D eigenvalue weighted by Gasteiger charge is -2.07. The highest BCUT2D eigenvalue weighted by atomic mass is 35.5. The number of alkyl halides is 1. The van der Waals surface area contributed by atoms with Crippen LogP contribution in [0.4, 0.5) is 0 Å². The zero-order chi connectivity index (χ0) is 11.4. The summed E-state index contributed by atoms with van der Waals surface area (Å²) >= 11 is 5.80. The van der Waals surface area contributed by atoms with Gasteiger partial charge in [-0.05, 0) is 29.8 Å². The predicted octanol–water partition coefficient (Wildman–Crippen LogP) is 3.50. The number of hydrogen-bond donors (Lipinski definition) is 0. The summed E-state index contributed by atoms with van der Waals surface area (Å²) in [7, 11) is 1.66. The first kappa shape index (κ1) is 11.0. The van der Waals surface area contributed by atoms with Crippen LogP contribution in [-0.4, -0.2) is 12.1 Å². The van der Waals surface area contributed by atoms with E-state index in [9.17, 15) is 0 Å². The molecular formula is C13H12ClNO. The summed E-state index contributed by atoms with van der Waals surface area (Å²) in [4.78, 5) is 4.33. The first-order valence-corrected chi connectivity index (χ1v) is 5.53. The van der Waals surface area contributed by atoms with E-state index in [1.54, 1.807) is 13.3 Å². The van der Waals surface area contributed by atoms with Gasteiger partial charge in [-0.2, -0.15) is 0 Å². The van der Waals surface area contributed by atoms with Gasteiger partial charge < -0.3 is 4.74 Å². The average Bonchev–Trinajstić information content (AvgIpc) is 2.38. The van der Waals surface area contributed by atoms with Gasteiger partial charge in [0.25, 0.3) is 0 Å². The van der Waals surface area contributed by atoms with Crippen molar-refractivity contribution >= 4 is 11.6 Å². The first-order chi connectivity index (χ1) is 7.85. The summed E-state index contributed by atoms with van der Waals surface area (Å²) in [5.41, 5.74) is 2.92. The van der Waals surface area contributed by atoms with Gasteiger partial charge in [0.15, 0.2) is 0 Å². The standard InChI is InChI=1S/C13H12ClNO/c1-16-13-5-3-2-4-11(13)12-8-10(9-14)6-7-15-12/h2-8H,9H2,1H3. The Morgan fingerprint density at radius 3 is 2.81 bits per heavy atom. The molecule has 0 bridgehead atoms. The number of pyridine rings is 1. The Kier molecular flexibility index (Phi) is 3.42. The lowest BCUT2D eigenvalue weighted by Crippen LogP contribution is -1.90. The fraction of sp³-hybridized carbons (Fsp3) is 0.154. The molecule has 0 amide bonds. The molecule has 1 heterocycles. The van der Waals surface area contributed by atoms with Crippen molar-refractivity contribution in [1.82, 2.24) is 4.98 Å². The molecule has 0 radical (unpaired) electrons. The van der Waals surface area contributed by atoms with Crippen molar-refractivity contribution in [2.75, 3.05) is 7.11 Å². The molecule has 2 nitrogen and oxygen atoms in total. The molecule has 0 aliphatic carbocycles. The third kappa shape index (κ3) is 2.17. The fourth-order valence-electron chi connectivity index (χ4n) is 1.56. The zero-order valence-electron chi connectivity index (χ0n) is 8.98. The van der Waals surface area contributed by atoms with Gasteiger partial charge in [0, 0.05) is 17.6 Å². The number of benzene rings is 1. The minimum atomic E-state index is 0.491. The number of aromatic nitrogens is 1. The number of para-hydroxylation sites is 1. The van der Waals surface area contributed by atoms with Crippen LogP contribution in [0.2, 0.25) is 0 Å². The van der Waals surface area contributed by atoms with Crippen molar-refractivity contribution in [2.24, 2.45) is 0 Å². The third-order valence-electron chi connectivity index (χ3n) is 2.36. The van der Waals surface area contributed by atoms with E-state index in [1.165, 1.54) is 0 Å². The van der Waals surface area contributed by atoms with Gasteiger partial charge in [-0.3, -0.25) is 4.98 Å².